The topological polar surface area (TPSA) is 20.3 Å². The Bertz CT molecular complexity index is 424. The van der Waals surface area contributed by atoms with Gasteiger partial charge in [-0.25, -0.2) is 8.78 Å². The van der Waals surface area contributed by atoms with E-state index in [0.29, 0.717) is 6.54 Å². The molecule has 1 fully saturated rings. The number of anilines is 1. The fraction of sp³-hybridized carbons (Fsp3) is 0.250. The molecule has 1 heterocycles. The number of para-hydroxylation sites is 1. The maximum Gasteiger partial charge on any atom is 0.227 e. The Kier molecular flexibility index (Phi) is 2.73. The highest BCUT2D eigenvalue weighted by Gasteiger charge is 2.31. The Morgan fingerprint density at radius 1 is 1.38 bits per heavy atom. The molecule has 0 bridgehead atoms. The van der Waals surface area contributed by atoms with Crippen molar-refractivity contribution in [1.29, 1.82) is 0 Å². The predicted octanol–water partition coefficient (Wildman–Crippen LogP) is 2.50. The highest BCUT2D eigenvalue weighted by molar-refractivity contribution is 5.96. The molecule has 0 saturated carbocycles. The highest BCUT2D eigenvalue weighted by atomic mass is 19.1. The zero-order valence-corrected chi connectivity index (χ0v) is 8.62. The average Bonchev–Trinajstić information content (AvgIpc) is 2.60. The summed E-state index contributed by atoms with van der Waals surface area (Å²) < 4.78 is 26.9. The second kappa shape index (κ2) is 4.04. The number of benzene rings is 1. The van der Waals surface area contributed by atoms with Gasteiger partial charge in [-0.1, -0.05) is 12.1 Å². The van der Waals surface area contributed by atoms with E-state index in [4.69, 9.17) is 0 Å². The molecule has 1 saturated heterocycles. The lowest BCUT2D eigenvalue weighted by molar-refractivity contribution is -0.117. The minimum Gasteiger partial charge on any atom is -0.307 e. The molecule has 84 valence electrons. The van der Waals surface area contributed by atoms with E-state index in [1.54, 1.807) is 6.08 Å². The van der Waals surface area contributed by atoms with Crippen LogP contribution in [0.15, 0.2) is 30.9 Å². The number of hydrogen-bond donors (Lipinski definition) is 0. The van der Waals surface area contributed by atoms with E-state index in [1.165, 1.54) is 6.07 Å². The summed E-state index contributed by atoms with van der Waals surface area (Å²) in [5.41, 5.74) is -0.253. The number of carbonyl (C=O) groups is 1. The normalized spacial score (nSPS) is 20.2. The molecule has 0 radical (unpaired) electrons. The molecule has 1 aromatic carbocycles. The van der Waals surface area contributed by atoms with E-state index >= 15 is 0 Å². The summed E-state index contributed by atoms with van der Waals surface area (Å²) in [5.74, 6) is -1.73. The molecule has 2 rings (SSSR count). The average molecular weight is 223 g/mol. The molecule has 1 aromatic rings. The molecule has 0 aromatic heterocycles. The number of amides is 1. The van der Waals surface area contributed by atoms with Crippen molar-refractivity contribution < 1.29 is 13.6 Å². The lowest BCUT2D eigenvalue weighted by atomic mass is 10.1. The Balaban J connectivity index is 2.38. The van der Waals surface area contributed by atoms with E-state index in [2.05, 4.69) is 6.58 Å². The molecule has 2 nitrogen and oxygen atoms in total. The van der Waals surface area contributed by atoms with Crippen LogP contribution in [0.3, 0.4) is 0 Å². The van der Waals surface area contributed by atoms with Crippen LogP contribution < -0.4 is 4.90 Å². The van der Waals surface area contributed by atoms with Crippen molar-refractivity contribution in [2.24, 2.45) is 5.92 Å². The third-order valence-electron chi connectivity index (χ3n) is 2.70. The van der Waals surface area contributed by atoms with E-state index in [1.807, 2.05) is 0 Å². The maximum atomic E-state index is 13.4. The van der Waals surface area contributed by atoms with Gasteiger partial charge in [0.2, 0.25) is 5.91 Å². The van der Waals surface area contributed by atoms with Crippen molar-refractivity contribution in [3.8, 4) is 0 Å². The lowest BCUT2D eigenvalue weighted by Gasteiger charge is -2.17. The van der Waals surface area contributed by atoms with Gasteiger partial charge in [-0.2, -0.15) is 0 Å². The Labute approximate surface area is 92.2 Å². The summed E-state index contributed by atoms with van der Waals surface area (Å²) in [6.45, 7) is 3.88. The molecular formula is C12H11F2NO. The Morgan fingerprint density at radius 3 is 2.50 bits per heavy atom. The van der Waals surface area contributed by atoms with Crippen LogP contribution in [0.5, 0.6) is 0 Å². The molecule has 1 unspecified atom stereocenters. The lowest BCUT2D eigenvalue weighted by Crippen LogP contribution is -2.26. The Hall–Kier alpha value is -1.71. The molecule has 1 amide bonds. The fourth-order valence-corrected chi connectivity index (χ4v) is 1.86. The summed E-state index contributed by atoms with van der Waals surface area (Å²) in [5, 5.41) is 0. The van der Waals surface area contributed by atoms with Crippen LogP contribution in [0.4, 0.5) is 14.5 Å². The van der Waals surface area contributed by atoms with E-state index in [-0.39, 0.29) is 23.9 Å². The number of carbonyl (C=O) groups excluding carboxylic acids is 1. The van der Waals surface area contributed by atoms with Crippen molar-refractivity contribution in [1.82, 2.24) is 0 Å². The highest BCUT2D eigenvalue weighted by Crippen LogP contribution is 2.29. The van der Waals surface area contributed by atoms with Crippen LogP contribution in [-0.2, 0) is 4.79 Å². The van der Waals surface area contributed by atoms with Crippen LogP contribution in [0, 0.1) is 17.6 Å². The predicted molar refractivity (Wildman–Crippen MR) is 57.0 cm³/mol. The molecule has 16 heavy (non-hydrogen) atoms. The third kappa shape index (κ3) is 1.71. The van der Waals surface area contributed by atoms with E-state index < -0.39 is 11.6 Å². The van der Waals surface area contributed by atoms with Gasteiger partial charge in [0.1, 0.15) is 17.3 Å². The van der Waals surface area contributed by atoms with Crippen molar-refractivity contribution in [3.63, 3.8) is 0 Å². The smallest absolute Gasteiger partial charge is 0.227 e. The molecular weight excluding hydrogens is 212 g/mol. The molecule has 1 atom stereocenters. The van der Waals surface area contributed by atoms with Gasteiger partial charge in [0, 0.05) is 18.9 Å². The molecule has 0 spiro atoms. The van der Waals surface area contributed by atoms with Crippen LogP contribution in [-0.4, -0.2) is 12.5 Å². The van der Waals surface area contributed by atoms with Crippen LogP contribution in [0.2, 0.25) is 0 Å². The summed E-state index contributed by atoms with van der Waals surface area (Å²) in [7, 11) is 0. The number of hydrogen-bond acceptors (Lipinski definition) is 1. The van der Waals surface area contributed by atoms with Crippen LogP contribution in [0.1, 0.15) is 6.42 Å². The second-order valence-corrected chi connectivity index (χ2v) is 3.77. The van der Waals surface area contributed by atoms with Gasteiger partial charge in [-0.15, -0.1) is 6.58 Å². The van der Waals surface area contributed by atoms with Gasteiger partial charge in [-0.3, -0.25) is 4.79 Å². The van der Waals surface area contributed by atoms with Crippen molar-refractivity contribution in [2.45, 2.75) is 6.42 Å². The van der Waals surface area contributed by atoms with Crippen LogP contribution in [0.25, 0.3) is 0 Å². The summed E-state index contributed by atoms with van der Waals surface area (Å²) >= 11 is 0. The van der Waals surface area contributed by atoms with Gasteiger partial charge in [0.25, 0.3) is 0 Å². The quantitative estimate of drug-likeness (QED) is 0.705. The zero-order valence-electron chi connectivity index (χ0n) is 8.62. The SMILES string of the molecule is C=CC1CC(=O)N(c2c(F)cccc2F)C1. The van der Waals surface area contributed by atoms with E-state index in [9.17, 15) is 13.6 Å². The van der Waals surface area contributed by atoms with Gasteiger partial charge in [0.05, 0.1) is 0 Å². The van der Waals surface area contributed by atoms with Crippen LogP contribution >= 0.6 is 0 Å². The third-order valence-corrected chi connectivity index (χ3v) is 2.70. The van der Waals surface area contributed by atoms with Gasteiger partial charge in [0.15, 0.2) is 0 Å². The molecule has 0 aliphatic carbocycles. The minimum atomic E-state index is -0.710. The fourth-order valence-electron chi connectivity index (χ4n) is 1.86. The number of halogens is 2. The van der Waals surface area contributed by atoms with Gasteiger partial charge >= 0.3 is 0 Å². The first-order valence-corrected chi connectivity index (χ1v) is 5.00. The zero-order chi connectivity index (χ0) is 11.7. The molecule has 0 N–H and O–H groups in total. The maximum absolute atomic E-state index is 13.4. The Morgan fingerprint density at radius 2 is 2.00 bits per heavy atom. The van der Waals surface area contributed by atoms with Crippen molar-refractivity contribution in [3.05, 3.63) is 42.5 Å². The summed E-state index contributed by atoms with van der Waals surface area (Å²) in [6, 6.07) is 3.57. The first kappa shape index (κ1) is 10.8. The minimum absolute atomic E-state index is 0.0356. The summed E-state index contributed by atoms with van der Waals surface area (Å²) in [6.07, 6.45) is 1.90. The summed E-state index contributed by atoms with van der Waals surface area (Å²) in [4.78, 5) is 12.7. The molecule has 1 aliphatic heterocycles. The number of rotatable bonds is 2. The monoisotopic (exact) mass is 223 g/mol. The van der Waals surface area contributed by atoms with Crippen molar-refractivity contribution in [2.75, 3.05) is 11.4 Å². The largest absolute Gasteiger partial charge is 0.307 e. The van der Waals surface area contributed by atoms with Crippen molar-refractivity contribution >= 4 is 11.6 Å². The standard InChI is InChI=1S/C12H11F2NO/c1-2-8-6-11(16)15(7-8)12-9(13)4-3-5-10(12)14/h2-5,8H,1,6-7H2. The van der Waals surface area contributed by atoms with Gasteiger partial charge in [-0.05, 0) is 12.1 Å². The molecule has 4 heteroatoms. The number of nitrogens with zero attached hydrogens (tertiary/aromatic N) is 1. The first-order chi connectivity index (χ1) is 7.63. The molecule has 1 aliphatic rings. The van der Waals surface area contributed by atoms with E-state index in [0.717, 1.165) is 17.0 Å². The van der Waals surface area contributed by atoms with Gasteiger partial charge < -0.3 is 4.90 Å². The second-order valence-electron chi connectivity index (χ2n) is 3.77. The first-order valence-electron chi connectivity index (χ1n) is 5.00.